The van der Waals surface area contributed by atoms with E-state index >= 15 is 0 Å². The first kappa shape index (κ1) is 15.6. The van der Waals surface area contributed by atoms with Crippen molar-refractivity contribution in [2.45, 2.75) is 38.7 Å². The van der Waals surface area contributed by atoms with E-state index in [0.29, 0.717) is 5.92 Å². The number of halogens is 2. The fourth-order valence-corrected chi connectivity index (χ4v) is 2.64. The van der Waals surface area contributed by atoms with E-state index in [-0.39, 0.29) is 18.5 Å². The summed E-state index contributed by atoms with van der Waals surface area (Å²) in [7, 11) is 0. The van der Waals surface area contributed by atoms with Crippen LogP contribution in [0.4, 0.5) is 0 Å². The highest BCUT2D eigenvalue weighted by molar-refractivity contribution is 6.31. The van der Waals surface area contributed by atoms with Gasteiger partial charge in [-0.2, -0.15) is 0 Å². The molecular formula is C14H21Cl2NO. The second-order valence-corrected chi connectivity index (χ2v) is 5.28. The Balaban J connectivity index is 0.00000162. The van der Waals surface area contributed by atoms with Gasteiger partial charge in [-0.25, -0.2) is 0 Å². The van der Waals surface area contributed by atoms with E-state index in [1.165, 1.54) is 18.4 Å². The fraction of sp³-hybridized carbons (Fsp3) is 0.571. The minimum absolute atomic E-state index is 0. The third kappa shape index (κ3) is 4.04. The van der Waals surface area contributed by atoms with Crippen molar-refractivity contribution in [1.82, 2.24) is 5.32 Å². The molecule has 2 rings (SSSR count). The molecule has 1 aromatic rings. The lowest BCUT2D eigenvalue weighted by atomic mass is 9.90. The van der Waals surface area contributed by atoms with Crippen LogP contribution in [0.1, 0.15) is 38.2 Å². The zero-order chi connectivity index (χ0) is 12.3. The van der Waals surface area contributed by atoms with Crippen LogP contribution in [0.25, 0.3) is 0 Å². The van der Waals surface area contributed by atoms with Crippen molar-refractivity contribution in [3.8, 4) is 5.75 Å². The Hall–Kier alpha value is -0.440. The maximum Gasteiger partial charge on any atom is 0.121 e. The number of nitrogens with one attached hydrogen (secondary N) is 1. The van der Waals surface area contributed by atoms with E-state index < -0.39 is 0 Å². The van der Waals surface area contributed by atoms with Crippen molar-refractivity contribution in [3.05, 3.63) is 28.8 Å². The molecule has 1 saturated heterocycles. The molecule has 1 fully saturated rings. The number of piperidine rings is 1. The predicted octanol–water partition coefficient (Wildman–Crippen LogP) is 4.02. The van der Waals surface area contributed by atoms with Gasteiger partial charge in [0.15, 0.2) is 0 Å². The largest absolute Gasteiger partial charge is 0.491 e. The first-order valence-corrected chi connectivity index (χ1v) is 6.71. The number of hydrogen-bond donors (Lipinski definition) is 1. The van der Waals surface area contributed by atoms with Gasteiger partial charge in [-0.05, 0) is 63.4 Å². The Kier molecular flexibility index (Phi) is 6.27. The van der Waals surface area contributed by atoms with Crippen LogP contribution in [0, 0.1) is 0 Å². The van der Waals surface area contributed by atoms with Crippen molar-refractivity contribution in [1.29, 1.82) is 0 Å². The SMILES string of the molecule is CC(C)Oc1ccc(C2CCNCC2)c(Cl)c1.Cl. The average molecular weight is 290 g/mol. The van der Waals surface area contributed by atoms with Crippen LogP contribution in [0.2, 0.25) is 5.02 Å². The molecule has 1 aromatic carbocycles. The zero-order valence-electron chi connectivity index (χ0n) is 10.9. The van der Waals surface area contributed by atoms with Gasteiger partial charge < -0.3 is 10.1 Å². The van der Waals surface area contributed by atoms with Gasteiger partial charge >= 0.3 is 0 Å². The summed E-state index contributed by atoms with van der Waals surface area (Å²) in [6, 6.07) is 6.10. The average Bonchev–Trinajstić information content (AvgIpc) is 2.29. The topological polar surface area (TPSA) is 21.3 Å². The molecule has 0 amide bonds. The standard InChI is InChI=1S/C14H20ClNO.ClH/c1-10(2)17-12-3-4-13(14(15)9-12)11-5-7-16-8-6-11;/h3-4,9-11,16H,5-8H2,1-2H3;1H. The molecule has 0 aromatic heterocycles. The Bertz CT molecular complexity index is 376. The highest BCUT2D eigenvalue weighted by Gasteiger charge is 2.18. The van der Waals surface area contributed by atoms with Crippen molar-refractivity contribution >= 4 is 24.0 Å². The van der Waals surface area contributed by atoms with Gasteiger partial charge in [-0.15, -0.1) is 12.4 Å². The van der Waals surface area contributed by atoms with E-state index in [4.69, 9.17) is 16.3 Å². The molecule has 0 bridgehead atoms. The molecule has 1 aliphatic heterocycles. The summed E-state index contributed by atoms with van der Waals surface area (Å²) >= 11 is 6.35. The highest BCUT2D eigenvalue weighted by Crippen LogP contribution is 2.33. The molecule has 1 aliphatic rings. The fourth-order valence-electron chi connectivity index (χ4n) is 2.32. The lowest BCUT2D eigenvalue weighted by Gasteiger charge is -2.24. The summed E-state index contributed by atoms with van der Waals surface area (Å²) in [4.78, 5) is 0. The van der Waals surface area contributed by atoms with E-state index in [0.717, 1.165) is 23.9 Å². The Morgan fingerprint density at radius 1 is 1.28 bits per heavy atom. The van der Waals surface area contributed by atoms with Gasteiger partial charge in [0.25, 0.3) is 0 Å². The molecule has 1 heterocycles. The summed E-state index contributed by atoms with van der Waals surface area (Å²) < 4.78 is 5.64. The first-order chi connectivity index (χ1) is 8.16. The molecule has 2 nitrogen and oxygen atoms in total. The van der Waals surface area contributed by atoms with Gasteiger partial charge in [0.2, 0.25) is 0 Å². The number of benzene rings is 1. The Morgan fingerprint density at radius 2 is 1.94 bits per heavy atom. The van der Waals surface area contributed by atoms with Crippen molar-refractivity contribution in [2.75, 3.05) is 13.1 Å². The summed E-state index contributed by atoms with van der Waals surface area (Å²) in [6.45, 7) is 6.22. The molecule has 102 valence electrons. The number of hydrogen-bond acceptors (Lipinski definition) is 2. The summed E-state index contributed by atoms with van der Waals surface area (Å²) in [5, 5.41) is 4.22. The van der Waals surface area contributed by atoms with Crippen molar-refractivity contribution in [3.63, 3.8) is 0 Å². The van der Waals surface area contributed by atoms with Crippen molar-refractivity contribution < 1.29 is 4.74 Å². The van der Waals surface area contributed by atoms with Crippen LogP contribution in [-0.4, -0.2) is 19.2 Å². The maximum atomic E-state index is 6.35. The Morgan fingerprint density at radius 3 is 2.50 bits per heavy atom. The van der Waals surface area contributed by atoms with Crippen LogP contribution >= 0.6 is 24.0 Å². The molecule has 18 heavy (non-hydrogen) atoms. The number of rotatable bonds is 3. The second kappa shape index (κ2) is 7.22. The smallest absolute Gasteiger partial charge is 0.121 e. The Labute approximate surface area is 120 Å². The predicted molar refractivity (Wildman–Crippen MR) is 79.3 cm³/mol. The molecule has 0 aliphatic carbocycles. The highest BCUT2D eigenvalue weighted by atomic mass is 35.5. The molecule has 0 spiro atoms. The molecule has 0 radical (unpaired) electrons. The minimum atomic E-state index is 0. The lowest BCUT2D eigenvalue weighted by molar-refractivity contribution is 0.242. The van der Waals surface area contributed by atoms with Gasteiger partial charge in [-0.3, -0.25) is 0 Å². The van der Waals surface area contributed by atoms with E-state index in [9.17, 15) is 0 Å². The molecule has 1 N–H and O–H groups in total. The molecule has 0 saturated carbocycles. The normalized spacial score (nSPS) is 16.4. The number of ether oxygens (including phenoxy) is 1. The first-order valence-electron chi connectivity index (χ1n) is 6.33. The molecule has 0 atom stereocenters. The monoisotopic (exact) mass is 289 g/mol. The minimum Gasteiger partial charge on any atom is -0.491 e. The summed E-state index contributed by atoms with van der Waals surface area (Å²) in [6.07, 6.45) is 2.53. The van der Waals surface area contributed by atoms with E-state index in [1.807, 2.05) is 26.0 Å². The maximum absolute atomic E-state index is 6.35. The molecule has 0 unspecified atom stereocenters. The lowest BCUT2D eigenvalue weighted by Crippen LogP contribution is -2.26. The molecular weight excluding hydrogens is 269 g/mol. The third-order valence-electron chi connectivity index (χ3n) is 3.12. The van der Waals surface area contributed by atoms with Crippen molar-refractivity contribution in [2.24, 2.45) is 0 Å². The van der Waals surface area contributed by atoms with E-state index in [2.05, 4.69) is 11.4 Å². The zero-order valence-corrected chi connectivity index (χ0v) is 12.5. The van der Waals surface area contributed by atoms with Crippen LogP contribution in [-0.2, 0) is 0 Å². The van der Waals surface area contributed by atoms with E-state index in [1.54, 1.807) is 0 Å². The van der Waals surface area contributed by atoms with Gasteiger partial charge in [-0.1, -0.05) is 17.7 Å². The van der Waals surface area contributed by atoms with Gasteiger partial charge in [0, 0.05) is 5.02 Å². The summed E-state index contributed by atoms with van der Waals surface area (Å²) in [5.41, 5.74) is 1.27. The quantitative estimate of drug-likeness (QED) is 0.908. The third-order valence-corrected chi connectivity index (χ3v) is 3.45. The summed E-state index contributed by atoms with van der Waals surface area (Å²) in [5.74, 6) is 1.46. The van der Waals surface area contributed by atoms with Crippen LogP contribution in [0.15, 0.2) is 18.2 Å². The second-order valence-electron chi connectivity index (χ2n) is 4.87. The van der Waals surface area contributed by atoms with Crippen LogP contribution < -0.4 is 10.1 Å². The van der Waals surface area contributed by atoms with Gasteiger partial charge in [0.05, 0.1) is 6.10 Å². The van der Waals surface area contributed by atoms with Crippen LogP contribution in [0.3, 0.4) is 0 Å². The molecule has 4 heteroatoms. The van der Waals surface area contributed by atoms with Gasteiger partial charge in [0.1, 0.15) is 5.75 Å². The van der Waals surface area contributed by atoms with Crippen LogP contribution in [0.5, 0.6) is 5.75 Å².